The highest BCUT2D eigenvalue weighted by atomic mass is 15.2. The van der Waals surface area contributed by atoms with E-state index in [0.29, 0.717) is 0 Å². The third-order valence-corrected chi connectivity index (χ3v) is 4.30. The summed E-state index contributed by atoms with van der Waals surface area (Å²) < 4.78 is 0. The first-order chi connectivity index (χ1) is 10.9. The van der Waals surface area contributed by atoms with E-state index < -0.39 is 0 Å². The second kappa shape index (κ2) is 9.42. The van der Waals surface area contributed by atoms with E-state index in [2.05, 4.69) is 65.6 Å². The maximum Gasteiger partial charge on any atom is 0.0240 e. The second-order valence-electron chi connectivity index (χ2n) is 5.81. The lowest BCUT2D eigenvalue weighted by Gasteiger charge is -2.29. The van der Waals surface area contributed by atoms with Gasteiger partial charge in [-0.3, -0.25) is 4.90 Å². The highest BCUT2D eigenvalue weighted by Gasteiger charge is 2.22. The van der Waals surface area contributed by atoms with E-state index in [-0.39, 0.29) is 0 Å². The molecular weight excluding hydrogens is 266 g/mol. The molecule has 0 N–H and O–H groups in total. The first kappa shape index (κ1) is 16.8. The molecule has 0 spiro atoms. The molecular formula is C21H29N. The maximum absolute atomic E-state index is 2.66. The van der Waals surface area contributed by atoms with Gasteiger partial charge in [-0.15, -0.1) is 0 Å². The highest BCUT2D eigenvalue weighted by molar-refractivity contribution is 5.17. The van der Waals surface area contributed by atoms with Gasteiger partial charge in [0, 0.05) is 19.1 Å². The van der Waals surface area contributed by atoms with Crippen LogP contribution in [0.15, 0.2) is 60.7 Å². The molecule has 2 aromatic rings. The number of hydrogen-bond acceptors (Lipinski definition) is 1. The molecule has 3 rings (SSSR count). The predicted octanol–water partition coefficient (Wildman–Crippen LogP) is 5.66. The van der Waals surface area contributed by atoms with Gasteiger partial charge in [0.05, 0.1) is 0 Å². The van der Waals surface area contributed by atoms with Crippen molar-refractivity contribution < 1.29 is 0 Å². The quantitative estimate of drug-likeness (QED) is 0.688. The Kier molecular flexibility index (Phi) is 7.18. The Morgan fingerprint density at radius 2 is 1.14 bits per heavy atom. The molecule has 22 heavy (non-hydrogen) atoms. The van der Waals surface area contributed by atoms with Crippen molar-refractivity contribution in [3.63, 3.8) is 0 Å². The van der Waals surface area contributed by atoms with Crippen LogP contribution >= 0.6 is 0 Å². The van der Waals surface area contributed by atoms with Crippen LogP contribution in [0.5, 0.6) is 0 Å². The molecule has 118 valence electrons. The lowest BCUT2D eigenvalue weighted by molar-refractivity contribution is 0.180. The van der Waals surface area contributed by atoms with Crippen LogP contribution in [0.25, 0.3) is 0 Å². The first-order valence-corrected chi connectivity index (χ1v) is 8.74. The minimum Gasteiger partial charge on any atom is -0.292 e. The van der Waals surface area contributed by atoms with Crippen molar-refractivity contribution in [3.8, 4) is 0 Å². The Morgan fingerprint density at radius 1 is 0.727 bits per heavy atom. The van der Waals surface area contributed by atoms with Crippen molar-refractivity contribution in [2.45, 2.75) is 58.7 Å². The summed E-state index contributed by atoms with van der Waals surface area (Å²) in [5.74, 6) is 0. The van der Waals surface area contributed by atoms with Crippen molar-refractivity contribution in [2.24, 2.45) is 0 Å². The van der Waals surface area contributed by atoms with Crippen molar-refractivity contribution in [2.75, 3.05) is 0 Å². The highest BCUT2D eigenvalue weighted by Crippen LogP contribution is 2.26. The van der Waals surface area contributed by atoms with E-state index in [0.717, 1.165) is 19.1 Å². The third-order valence-electron chi connectivity index (χ3n) is 4.30. The van der Waals surface area contributed by atoms with E-state index in [4.69, 9.17) is 0 Å². The molecule has 0 unspecified atom stereocenters. The summed E-state index contributed by atoms with van der Waals surface area (Å²) in [4.78, 5) is 2.66. The molecule has 1 fully saturated rings. The van der Waals surface area contributed by atoms with Crippen molar-refractivity contribution >= 4 is 0 Å². The zero-order chi connectivity index (χ0) is 15.6. The standard InChI is InChI=1S/C19H23N.C2H6/c1-3-9-17(10-4-1)15-20(19-13-7-8-14-19)16-18-11-5-2-6-12-18;1-2/h1-6,9-12,19H,7-8,13-16H2;1-2H3. The molecule has 1 heteroatoms. The normalized spacial score (nSPS) is 14.7. The van der Waals surface area contributed by atoms with Crippen LogP contribution in [-0.4, -0.2) is 10.9 Å². The molecule has 1 nitrogen and oxygen atoms in total. The lowest BCUT2D eigenvalue weighted by atomic mass is 10.1. The fourth-order valence-electron chi connectivity index (χ4n) is 3.22. The van der Waals surface area contributed by atoms with Crippen LogP contribution in [0.2, 0.25) is 0 Å². The molecule has 0 aromatic heterocycles. The average molecular weight is 295 g/mol. The lowest BCUT2D eigenvalue weighted by Crippen LogP contribution is -2.32. The Balaban J connectivity index is 0.000000847. The van der Waals surface area contributed by atoms with Gasteiger partial charge in [-0.2, -0.15) is 0 Å². The molecule has 0 saturated heterocycles. The third kappa shape index (κ3) is 4.99. The van der Waals surface area contributed by atoms with Crippen LogP contribution in [0.1, 0.15) is 50.7 Å². The summed E-state index contributed by atoms with van der Waals surface area (Å²) in [7, 11) is 0. The van der Waals surface area contributed by atoms with Gasteiger partial charge in [0.2, 0.25) is 0 Å². The van der Waals surface area contributed by atoms with Gasteiger partial charge in [-0.1, -0.05) is 87.4 Å². The smallest absolute Gasteiger partial charge is 0.0240 e. The monoisotopic (exact) mass is 295 g/mol. The molecule has 0 heterocycles. The molecule has 2 aromatic carbocycles. The summed E-state index contributed by atoms with van der Waals surface area (Å²) in [6, 6.07) is 22.5. The topological polar surface area (TPSA) is 3.24 Å². The Hall–Kier alpha value is -1.60. The molecule has 0 radical (unpaired) electrons. The molecule has 1 aliphatic carbocycles. The van der Waals surface area contributed by atoms with Crippen LogP contribution in [0, 0.1) is 0 Å². The number of nitrogens with zero attached hydrogens (tertiary/aromatic N) is 1. The molecule has 0 amide bonds. The Labute approximate surface area is 136 Å². The van der Waals surface area contributed by atoms with Crippen LogP contribution in [0.4, 0.5) is 0 Å². The predicted molar refractivity (Wildman–Crippen MR) is 95.7 cm³/mol. The Morgan fingerprint density at radius 3 is 1.55 bits per heavy atom. The van der Waals surface area contributed by atoms with Gasteiger partial charge in [0.1, 0.15) is 0 Å². The van der Waals surface area contributed by atoms with E-state index in [1.807, 2.05) is 13.8 Å². The van der Waals surface area contributed by atoms with E-state index in [1.54, 1.807) is 0 Å². The largest absolute Gasteiger partial charge is 0.292 e. The van der Waals surface area contributed by atoms with Gasteiger partial charge in [0.25, 0.3) is 0 Å². The number of hydrogen-bond donors (Lipinski definition) is 0. The van der Waals surface area contributed by atoms with E-state index in [1.165, 1.54) is 36.8 Å². The SMILES string of the molecule is CC.c1ccc(CN(Cc2ccccc2)C2CCCC2)cc1. The minimum absolute atomic E-state index is 0.760. The van der Waals surface area contributed by atoms with Gasteiger partial charge in [0.15, 0.2) is 0 Å². The summed E-state index contributed by atoms with van der Waals surface area (Å²) in [5.41, 5.74) is 2.85. The number of benzene rings is 2. The van der Waals surface area contributed by atoms with Crippen LogP contribution in [-0.2, 0) is 13.1 Å². The minimum atomic E-state index is 0.760. The van der Waals surface area contributed by atoms with Gasteiger partial charge in [-0.25, -0.2) is 0 Å². The van der Waals surface area contributed by atoms with E-state index >= 15 is 0 Å². The molecule has 0 aliphatic heterocycles. The molecule has 1 saturated carbocycles. The average Bonchev–Trinajstić information content (AvgIpc) is 3.13. The molecule has 0 bridgehead atoms. The summed E-state index contributed by atoms with van der Waals surface area (Å²) in [5, 5.41) is 0. The summed E-state index contributed by atoms with van der Waals surface area (Å²) in [6.07, 6.45) is 5.51. The van der Waals surface area contributed by atoms with Crippen LogP contribution in [0.3, 0.4) is 0 Å². The van der Waals surface area contributed by atoms with Crippen molar-refractivity contribution in [1.82, 2.24) is 4.90 Å². The molecule has 1 aliphatic rings. The van der Waals surface area contributed by atoms with Gasteiger partial charge >= 0.3 is 0 Å². The number of rotatable bonds is 5. The zero-order valence-corrected chi connectivity index (χ0v) is 14.0. The second-order valence-corrected chi connectivity index (χ2v) is 5.81. The Bertz CT molecular complexity index is 458. The van der Waals surface area contributed by atoms with Gasteiger partial charge in [-0.05, 0) is 24.0 Å². The fraction of sp³-hybridized carbons (Fsp3) is 0.429. The van der Waals surface area contributed by atoms with Gasteiger partial charge < -0.3 is 0 Å². The fourth-order valence-corrected chi connectivity index (χ4v) is 3.22. The van der Waals surface area contributed by atoms with E-state index in [9.17, 15) is 0 Å². The zero-order valence-electron chi connectivity index (χ0n) is 14.0. The van der Waals surface area contributed by atoms with Crippen molar-refractivity contribution in [1.29, 1.82) is 0 Å². The first-order valence-electron chi connectivity index (χ1n) is 8.74. The summed E-state index contributed by atoms with van der Waals surface area (Å²) >= 11 is 0. The molecule has 0 atom stereocenters. The van der Waals surface area contributed by atoms with Crippen molar-refractivity contribution in [3.05, 3.63) is 71.8 Å². The maximum atomic E-state index is 2.66. The summed E-state index contributed by atoms with van der Waals surface area (Å²) in [6.45, 7) is 6.14. The van der Waals surface area contributed by atoms with Crippen LogP contribution < -0.4 is 0 Å².